The Hall–Kier alpha value is -0.850. The van der Waals surface area contributed by atoms with Crippen LogP contribution in [0.5, 0.6) is 0 Å². The zero-order chi connectivity index (χ0) is 13.3. The molecule has 96 valence electrons. The molecule has 1 nitrogen and oxygen atoms in total. The van der Waals surface area contributed by atoms with Gasteiger partial charge in [0.25, 0.3) is 0 Å². The van der Waals surface area contributed by atoms with E-state index in [1.165, 1.54) is 12.0 Å². The van der Waals surface area contributed by atoms with Crippen LogP contribution in [0.2, 0.25) is 0 Å². The van der Waals surface area contributed by atoms with Crippen LogP contribution in [0.1, 0.15) is 54.4 Å². The smallest absolute Gasteiger partial charge is 0.139 e. The van der Waals surface area contributed by atoms with Gasteiger partial charge in [-0.3, -0.25) is 4.79 Å². The average molecular weight is 234 g/mol. The molecule has 0 aliphatic heterocycles. The third kappa shape index (κ3) is 3.08. The monoisotopic (exact) mass is 234 g/mol. The number of allylic oxidation sites excluding steroid dienone is 4. The third-order valence-electron chi connectivity index (χ3n) is 4.52. The fraction of sp³-hybridized carbons (Fsp3) is 0.688. The summed E-state index contributed by atoms with van der Waals surface area (Å²) in [5, 5.41) is 0. The molecule has 0 aromatic rings. The number of carbonyl (C=O) groups excluding carboxylic acids is 1. The summed E-state index contributed by atoms with van der Waals surface area (Å²) >= 11 is 0. The van der Waals surface area contributed by atoms with Crippen molar-refractivity contribution in [2.45, 2.75) is 54.4 Å². The standard InChI is InChI=1S/C16H26O/c1-12-8-7-9-14(16(12,5)6)10-11-15(3,4)13(2)17/h8,10-11,14H,7,9H2,1-6H3/t14-/m0/s1. The van der Waals surface area contributed by atoms with Gasteiger partial charge in [0.15, 0.2) is 0 Å². The molecule has 0 heterocycles. The van der Waals surface area contributed by atoms with Crippen molar-refractivity contribution in [1.82, 2.24) is 0 Å². The van der Waals surface area contributed by atoms with Gasteiger partial charge in [0.1, 0.15) is 5.78 Å². The molecule has 1 rings (SSSR count). The second-order valence-electron chi connectivity index (χ2n) is 6.43. The number of hydrogen-bond acceptors (Lipinski definition) is 1. The van der Waals surface area contributed by atoms with Crippen LogP contribution in [-0.2, 0) is 4.79 Å². The van der Waals surface area contributed by atoms with Gasteiger partial charge >= 0.3 is 0 Å². The van der Waals surface area contributed by atoms with E-state index in [9.17, 15) is 4.79 Å². The van der Waals surface area contributed by atoms with Gasteiger partial charge < -0.3 is 0 Å². The van der Waals surface area contributed by atoms with E-state index < -0.39 is 0 Å². The van der Waals surface area contributed by atoms with Gasteiger partial charge in [-0.1, -0.05) is 37.6 Å². The van der Waals surface area contributed by atoms with E-state index in [0.717, 1.165) is 6.42 Å². The highest BCUT2D eigenvalue weighted by atomic mass is 16.1. The van der Waals surface area contributed by atoms with Gasteiger partial charge in [-0.25, -0.2) is 0 Å². The van der Waals surface area contributed by atoms with Crippen LogP contribution in [0.25, 0.3) is 0 Å². The van der Waals surface area contributed by atoms with Gasteiger partial charge in [-0.15, -0.1) is 0 Å². The van der Waals surface area contributed by atoms with E-state index in [1.807, 2.05) is 13.8 Å². The molecule has 0 aromatic heterocycles. The number of rotatable bonds is 3. The minimum absolute atomic E-state index is 0.224. The lowest BCUT2D eigenvalue weighted by molar-refractivity contribution is -0.122. The molecule has 1 atom stereocenters. The number of Topliss-reactive ketones (excluding diaryl/α,β-unsaturated/α-hetero) is 1. The van der Waals surface area contributed by atoms with Crippen LogP contribution in [0.15, 0.2) is 23.8 Å². The molecule has 1 aliphatic rings. The molecule has 1 heteroatoms. The molecule has 0 saturated heterocycles. The van der Waals surface area contributed by atoms with Crippen LogP contribution >= 0.6 is 0 Å². The molecular weight excluding hydrogens is 208 g/mol. The molecular formula is C16H26O. The van der Waals surface area contributed by atoms with Gasteiger partial charge in [-0.05, 0) is 51.9 Å². The van der Waals surface area contributed by atoms with E-state index in [-0.39, 0.29) is 16.6 Å². The normalized spacial score (nSPS) is 24.8. The Labute approximate surface area is 106 Å². The maximum absolute atomic E-state index is 11.5. The second-order valence-corrected chi connectivity index (χ2v) is 6.43. The number of carbonyl (C=O) groups is 1. The van der Waals surface area contributed by atoms with Crippen molar-refractivity contribution in [3.8, 4) is 0 Å². The van der Waals surface area contributed by atoms with Crippen molar-refractivity contribution in [3.63, 3.8) is 0 Å². The zero-order valence-electron chi connectivity index (χ0n) is 12.1. The summed E-state index contributed by atoms with van der Waals surface area (Å²) in [6, 6.07) is 0. The summed E-state index contributed by atoms with van der Waals surface area (Å²) in [4.78, 5) is 11.5. The molecule has 0 saturated carbocycles. The van der Waals surface area contributed by atoms with Crippen LogP contribution < -0.4 is 0 Å². The zero-order valence-corrected chi connectivity index (χ0v) is 12.1. The molecule has 0 amide bonds. The number of ketones is 1. The SMILES string of the molecule is CC(=O)C(C)(C)C=C[C@@H]1CCC=C(C)C1(C)C. The van der Waals surface area contributed by atoms with E-state index in [4.69, 9.17) is 0 Å². The molecule has 1 aliphatic carbocycles. The second kappa shape index (κ2) is 4.80. The van der Waals surface area contributed by atoms with Crippen LogP contribution in [0.3, 0.4) is 0 Å². The Morgan fingerprint density at radius 1 is 1.47 bits per heavy atom. The lowest BCUT2D eigenvalue weighted by Gasteiger charge is -2.37. The minimum atomic E-state index is -0.328. The van der Waals surface area contributed by atoms with Crippen molar-refractivity contribution >= 4 is 5.78 Å². The first-order chi connectivity index (χ1) is 7.68. The van der Waals surface area contributed by atoms with Gasteiger partial charge in [0.05, 0.1) is 0 Å². The van der Waals surface area contributed by atoms with Crippen molar-refractivity contribution in [3.05, 3.63) is 23.8 Å². The Kier molecular flexibility index (Phi) is 4.01. The first kappa shape index (κ1) is 14.2. The fourth-order valence-corrected chi connectivity index (χ4v) is 2.21. The summed E-state index contributed by atoms with van der Waals surface area (Å²) < 4.78 is 0. The lowest BCUT2D eigenvalue weighted by atomic mass is 9.67. The largest absolute Gasteiger partial charge is 0.299 e. The summed E-state index contributed by atoms with van der Waals surface area (Å²) in [5.41, 5.74) is 1.37. The van der Waals surface area contributed by atoms with E-state index in [1.54, 1.807) is 6.92 Å². The first-order valence-electron chi connectivity index (χ1n) is 6.55. The molecule has 0 bridgehead atoms. The first-order valence-corrected chi connectivity index (χ1v) is 6.55. The quantitative estimate of drug-likeness (QED) is 0.655. The highest BCUT2D eigenvalue weighted by Gasteiger charge is 2.32. The van der Waals surface area contributed by atoms with Gasteiger partial charge in [-0.2, -0.15) is 0 Å². The van der Waals surface area contributed by atoms with E-state index in [2.05, 4.69) is 39.0 Å². The summed E-state index contributed by atoms with van der Waals surface area (Å²) in [5.74, 6) is 0.778. The third-order valence-corrected chi connectivity index (χ3v) is 4.52. The molecule has 0 fully saturated rings. The maximum Gasteiger partial charge on any atom is 0.139 e. The predicted molar refractivity (Wildman–Crippen MR) is 73.9 cm³/mol. The van der Waals surface area contributed by atoms with Gasteiger partial charge in [0.2, 0.25) is 0 Å². The summed E-state index contributed by atoms with van der Waals surface area (Å²) in [7, 11) is 0. The Morgan fingerprint density at radius 3 is 2.59 bits per heavy atom. The van der Waals surface area contributed by atoms with Crippen molar-refractivity contribution < 1.29 is 4.79 Å². The fourth-order valence-electron chi connectivity index (χ4n) is 2.21. The van der Waals surface area contributed by atoms with Gasteiger partial charge in [0, 0.05) is 5.41 Å². The predicted octanol–water partition coefficient (Wildman–Crippen LogP) is 4.54. The van der Waals surface area contributed by atoms with Crippen LogP contribution in [0, 0.1) is 16.7 Å². The summed E-state index contributed by atoms with van der Waals surface area (Å²) in [6.45, 7) is 12.5. The molecule has 0 radical (unpaired) electrons. The minimum Gasteiger partial charge on any atom is -0.299 e. The number of hydrogen-bond donors (Lipinski definition) is 0. The topological polar surface area (TPSA) is 17.1 Å². The van der Waals surface area contributed by atoms with E-state index >= 15 is 0 Å². The Morgan fingerprint density at radius 2 is 2.06 bits per heavy atom. The highest BCUT2D eigenvalue weighted by Crippen LogP contribution is 2.42. The van der Waals surface area contributed by atoms with Crippen molar-refractivity contribution in [1.29, 1.82) is 0 Å². The average Bonchev–Trinajstić information content (AvgIpc) is 2.20. The van der Waals surface area contributed by atoms with Crippen molar-refractivity contribution in [2.75, 3.05) is 0 Å². The van der Waals surface area contributed by atoms with Crippen molar-refractivity contribution in [2.24, 2.45) is 16.7 Å². The van der Waals surface area contributed by atoms with Crippen LogP contribution in [0.4, 0.5) is 0 Å². The lowest BCUT2D eigenvalue weighted by Crippen LogP contribution is -2.27. The molecule has 0 spiro atoms. The molecule has 0 N–H and O–H groups in total. The Balaban J connectivity index is 2.86. The maximum atomic E-state index is 11.5. The summed E-state index contributed by atoms with van der Waals surface area (Å²) in [6.07, 6.45) is 9.05. The molecule has 0 unspecified atom stereocenters. The highest BCUT2D eigenvalue weighted by molar-refractivity contribution is 5.83. The molecule has 0 aromatic carbocycles. The van der Waals surface area contributed by atoms with E-state index in [0.29, 0.717) is 5.92 Å². The Bertz CT molecular complexity index is 356. The molecule has 17 heavy (non-hydrogen) atoms. The van der Waals surface area contributed by atoms with Crippen LogP contribution in [-0.4, -0.2) is 5.78 Å².